The van der Waals surface area contributed by atoms with Gasteiger partial charge in [-0.25, -0.2) is 4.39 Å². The van der Waals surface area contributed by atoms with E-state index in [0.717, 1.165) is 16.8 Å². The summed E-state index contributed by atoms with van der Waals surface area (Å²) in [5.74, 6) is 0.383. The van der Waals surface area contributed by atoms with Crippen LogP contribution >= 0.6 is 11.6 Å². The molecule has 0 saturated heterocycles. The van der Waals surface area contributed by atoms with Crippen molar-refractivity contribution in [1.29, 1.82) is 0 Å². The molecule has 3 rings (SSSR count). The molecule has 0 spiro atoms. The van der Waals surface area contributed by atoms with E-state index in [4.69, 9.17) is 16.3 Å². The van der Waals surface area contributed by atoms with Crippen LogP contribution in [0.25, 0.3) is 10.8 Å². The molecule has 0 N–H and O–H groups in total. The standard InChI is InChI=1S/C17H10ClFO2/c18-15-6-8-17(14-4-2-1-3-13(14)15)21-16-7-5-12(19)9-11(16)10-20/h1-10H. The summed E-state index contributed by atoms with van der Waals surface area (Å²) >= 11 is 6.15. The Morgan fingerprint density at radius 3 is 2.43 bits per heavy atom. The van der Waals surface area contributed by atoms with Gasteiger partial charge in [-0.3, -0.25) is 4.79 Å². The van der Waals surface area contributed by atoms with Gasteiger partial charge in [0.15, 0.2) is 6.29 Å². The Balaban J connectivity index is 2.11. The number of carbonyl (C=O) groups is 1. The minimum Gasteiger partial charge on any atom is -0.456 e. The number of fused-ring (bicyclic) bond motifs is 1. The average molecular weight is 301 g/mol. The molecule has 0 aliphatic carbocycles. The molecule has 0 amide bonds. The highest BCUT2D eigenvalue weighted by Crippen LogP contribution is 2.34. The van der Waals surface area contributed by atoms with Crippen molar-refractivity contribution >= 4 is 28.7 Å². The number of rotatable bonds is 3. The second-order valence-electron chi connectivity index (χ2n) is 4.49. The first-order valence-electron chi connectivity index (χ1n) is 6.29. The lowest BCUT2D eigenvalue weighted by atomic mass is 10.1. The first-order valence-corrected chi connectivity index (χ1v) is 6.66. The van der Waals surface area contributed by atoms with Crippen LogP contribution in [0.5, 0.6) is 11.5 Å². The Labute approximate surface area is 125 Å². The molecule has 0 heterocycles. The zero-order chi connectivity index (χ0) is 14.8. The quantitative estimate of drug-likeness (QED) is 0.618. The van der Waals surface area contributed by atoms with E-state index in [0.29, 0.717) is 22.8 Å². The summed E-state index contributed by atoms with van der Waals surface area (Å²) in [6.07, 6.45) is 0.566. The predicted molar refractivity (Wildman–Crippen MR) is 80.8 cm³/mol. The van der Waals surface area contributed by atoms with E-state index >= 15 is 0 Å². The number of hydrogen-bond acceptors (Lipinski definition) is 2. The molecule has 4 heteroatoms. The van der Waals surface area contributed by atoms with E-state index in [9.17, 15) is 9.18 Å². The molecule has 0 aliphatic rings. The highest BCUT2D eigenvalue weighted by Gasteiger charge is 2.10. The van der Waals surface area contributed by atoms with Crippen molar-refractivity contribution in [3.8, 4) is 11.5 Å². The van der Waals surface area contributed by atoms with Crippen molar-refractivity contribution in [2.75, 3.05) is 0 Å². The van der Waals surface area contributed by atoms with Crippen LogP contribution in [0.1, 0.15) is 10.4 Å². The maximum atomic E-state index is 13.1. The van der Waals surface area contributed by atoms with Crippen molar-refractivity contribution in [2.24, 2.45) is 0 Å². The first-order chi connectivity index (χ1) is 10.2. The van der Waals surface area contributed by atoms with Gasteiger partial charge in [-0.05, 0) is 30.3 Å². The van der Waals surface area contributed by atoms with Crippen LogP contribution in [0.15, 0.2) is 54.6 Å². The van der Waals surface area contributed by atoms with Gasteiger partial charge in [0, 0.05) is 15.8 Å². The summed E-state index contributed by atoms with van der Waals surface area (Å²) in [5.41, 5.74) is 0.161. The van der Waals surface area contributed by atoms with E-state index in [1.54, 1.807) is 12.1 Å². The number of benzene rings is 3. The molecule has 0 bridgehead atoms. The summed E-state index contributed by atoms with van der Waals surface area (Å²) in [7, 11) is 0. The van der Waals surface area contributed by atoms with E-state index < -0.39 is 5.82 Å². The summed E-state index contributed by atoms with van der Waals surface area (Å²) < 4.78 is 18.9. The van der Waals surface area contributed by atoms with Crippen LogP contribution in [0.4, 0.5) is 4.39 Å². The number of ether oxygens (including phenoxy) is 1. The van der Waals surface area contributed by atoms with Gasteiger partial charge < -0.3 is 4.74 Å². The van der Waals surface area contributed by atoms with Crippen LogP contribution in [-0.2, 0) is 0 Å². The van der Waals surface area contributed by atoms with Gasteiger partial charge >= 0.3 is 0 Å². The van der Waals surface area contributed by atoms with E-state index in [-0.39, 0.29) is 5.56 Å². The maximum Gasteiger partial charge on any atom is 0.153 e. The lowest BCUT2D eigenvalue weighted by Crippen LogP contribution is -1.92. The Bertz CT molecular complexity index is 830. The van der Waals surface area contributed by atoms with Crippen molar-refractivity contribution < 1.29 is 13.9 Å². The van der Waals surface area contributed by atoms with Gasteiger partial charge in [-0.1, -0.05) is 35.9 Å². The number of halogens is 2. The smallest absolute Gasteiger partial charge is 0.153 e. The van der Waals surface area contributed by atoms with Crippen LogP contribution in [0, 0.1) is 5.82 Å². The molecule has 0 radical (unpaired) electrons. The van der Waals surface area contributed by atoms with E-state index in [1.165, 1.54) is 12.1 Å². The fourth-order valence-electron chi connectivity index (χ4n) is 2.15. The van der Waals surface area contributed by atoms with E-state index in [2.05, 4.69) is 0 Å². The number of hydrogen-bond donors (Lipinski definition) is 0. The molecule has 0 unspecified atom stereocenters. The Morgan fingerprint density at radius 2 is 1.67 bits per heavy atom. The zero-order valence-corrected chi connectivity index (χ0v) is 11.6. The maximum absolute atomic E-state index is 13.1. The van der Waals surface area contributed by atoms with Gasteiger partial charge in [-0.2, -0.15) is 0 Å². The molecular formula is C17H10ClFO2. The van der Waals surface area contributed by atoms with Gasteiger partial charge in [0.25, 0.3) is 0 Å². The molecule has 0 aliphatic heterocycles. The summed E-state index contributed by atoms with van der Waals surface area (Å²) in [6, 6.07) is 14.8. The second kappa shape index (κ2) is 5.54. The fraction of sp³-hybridized carbons (Fsp3) is 0. The van der Waals surface area contributed by atoms with Crippen molar-refractivity contribution in [1.82, 2.24) is 0 Å². The summed E-state index contributed by atoms with van der Waals surface area (Å²) in [6.45, 7) is 0. The van der Waals surface area contributed by atoms with Crippen LogP contribution in [0.3, 0.4) is 0 Å². The number of carbonyl (C=O) groups excluding carboxylic acids is 1. The molecular weight excluding hydrogens is 291 g/mol. The largest absolute Gasteiger partial charge is 0.456 e. The van der Waals surface area contributed by atoms with Crippen LogP contribution in [-0.4, -0.2) is 6.29 Å². The molecule has 3 aromatic carbocycles. The summed E-state index contributed by atoms with van der Waals surface area (Å²) in [5, 5.41) is 2.30. The Kier molecular flexibility index (Phi) is 3.59. The Hall–Kier alpha value is -2.39. The van der Waals surface area contributed by atoms with Crippen LogP contribution < -0.4 is 4.74 Å². The minimum atomic E-state index is -0.481. The van der Waals surface area contributed by atoms with Gasteiger partial charge in [0.1, 0.15) is 17.3 Å². The average Bonchev–Trinajstić information content (AvgIpc) is 2.52. The first kappa shape index (κ1) is 13.6. The molecule has 0 saturated carbocycles. The van der Waals surface area contributed by atoms with Crippen molar-refractivity contribution in [3.05, 3.63) is 71.0 Å². The van der Waals surface area contributed by atoms with E-state index in [1.807, 2.05) is 24.3 Å². The normalized spacial score (nSPS) is 10.6. The third-order valence-corrected chi connectivity index (χ3v) is 3.48. The van der Waals surface area contributed by atoms with Gasteiger partial charge in [-0.15, -0.1) is 0 Å². The molecule has 21 heavy (non-hydrogen) atoms. The molecule has 104 valence electrons. The van der Waals surface area contributed by atoms with Crippen molar-refractivity contribution in [2.45, 2.75) is 0 Å². The Morgan fingerprint density at radius 1 is 0.952 bits per heavy atom. The molecule has 2 nitrogen and oxygen atoms in total. The lowest BCUT2D eigenvalue weighted by molar-refractivity contribution is 0.112. The van der Waals surface area contributed by atoms with Gasteiger partial charge in [0.05, 0.1) is 5.56 Å². The highest BCUT2D eigenvalue weighted by atomic mass is 35.5. The highest BCUT2D eigenvalue weighted by molar-refractivity contribution is 6.35. The minimum absolute atomic E-state index is 0.161. The monoisotopic (exact) mass is 300 g/mol. The molecule has 0 aromatic heterocycles. The SMILES string of the molecule is O=Cc1cc(F)ccc1Oc1ccc(Cl)c2ccccc12. The third kappa shape index (κ3) is 2.60. The zero-order valence-electron chi connectivity index (χ0n) is 10.8. The number of aldehydes is 1. The second-order valence-corrected chi connectivity index (χ2v) is 4.90. The summed E-state index contributed by atoms with van der Waals surface area (Å²) in [4.78, 5) is 11.0. The predicted octanol–water partition coefficient (Wildman–Crippen LogP) is 5.24. The van der Waals surface area contributed by atoms with Gasteiger partial charge in [0.2, 0.25) is 0 Å². The third-order valence-electron chi connectivity index (χ3n) is 3.15. The van der Waals surface area contributed by atoms with Crippen LogP contribution in [0.2, 0.25) is 5.02 Å². The molecule has 0 fully saturated rings. The molecule has 0 atom stereocenters. The topological polar surface area (TPSA) is 26.3 Å². The fourth-order valence-corrected chi connectivity index (χ4v) is 2.37. The van der Waals surface area contributed by atoms with Crippen molar-refractivity contribution in [3.63, 3.8) is 0 Å². The lowest BCUT2D eigenvalue weighted by Gasteiger charge is -2.11. The molecule has 3 aromatic rings.